The van der Waals surface area contributed by atoms with Crippen molar-refractivity contribution >= 4 is 39.9 Å². The summed E-state index contributed by atoms with van der Waals surface area (Å²) in [4.78, 5) is 12.6. The Morgan fingerprint density at radius 3 is 2.14 bits per heavy atom. The maximum absolute atomic E-state index is 4.63. The van der Waals surface area contributed by atoms with Crippen molar-refractivity contribution in [2.45, 2.75) is 4.76 Å². The van der Waals surface area contributed by atoms with E-state index in [1.165, 1.54) is 0 Å². The molecule has 0 aliphatic carbocycles. The molecule has 0 aromatic heterocycles. The van der Waals surface area contributed by atoms with Crippen LogP contribution in [0.4, 0.5) is 0 Å². The van der Waals surface area contributed by atoms with Crippen LogP contribution in [0.15, 0.2) is 0 Å². The zero-order valence-corrected chi connectivity index (χ0v) is 7.42. The van der Waals surface area contributed by atoms with Gasteiger partial charge in [-0.3, -0.25) is 0 Å². The van der Waals surface area contributed by atoms with Crippen LogP contribution in [0.2, 0.25) is 0 Å². The van der Waals surface area contributed by atoms with Crippen molar-refractivity contribution in [2.24, 2.45) is 5.90 Å². The zero-order valence-electron chi connectivity index (χ0n) is 5.59. The second kappa shape index (κ2) is 2.64. The molecule has 4 nitrogen and oxygen atoms in total. The van der Waals surface area contributed by atoms with Crippen LogP contribution in [0.5, 0.6) is 0 Å². The first-order valence-electron chi connectivity index (χ1n) is 1.30. The monoisotopic (exact) mass is 179 g/mol. The van der Waals surface area contributed by atoms with E-state index in [1.54, 1.807) is 0 Å². The summed E-state index contributed by atoms with van der Waals surface area (Å²) >= 11 is 1.15. The van der Waals surface area contributed by atoms with Gasteiger partial charge in [-0.2, -0.15) is 0 Å². The number of hydrogen-bond acceptors (Lipinski definition) is 4. The first-order chi connectivity index (χ1) is 2.77. The van der Waals surface area contributed by atoms with Crippen molar-refractivity contribution in [3.63, 3.8) is 0 Å². The Labute approximate surface area is 68.2 Å². The molecule has 1 heterocycles. The van der Waals surface area contributed by atoms with Crippen molar-refractivity contribution in [3.05, 3.63) is 0 Å². The minimum absolute atomic E-state index is 0. The minimum Gasteiger partial charge on any atom is -1.00 e. The largest absolute Gasteiger partial charge is 2.00 e. The number of nitrogens with two attached hydrogens (primary N) is 1. The van der Waals surface area contributed by atoms with Crippen LogP contribution >= 0.6 is 0 Å². The van der Waals surface area contributed by atoms with E-state index in [1.807, 2.05) is 0 Å². The zero-order chi connectivity index (χ0) is 4.62. The summed E-state index contributed by atoms with van der Waals surface area (Å²) in [7, 11) is 0. The van der Waals surface area contributed by atoms with Gasteiger partial charge in [-0.15, -0.1) is 0 Å². The fourth-order valence-corrected chi connectivity index (χ4v) is 0.181. The standard InChI is InChI=1S/CH4AsNO3.Mg.2H/c2-1(4-3)5-6-1;;;/h2-3H2;;;/q;+2;2*-1. The third-order valence-corrected chi connectivity index (χ3v) is 1.10. The van der Waals surface area contributed by atoms with E-state index in [4.69, 9.17) is 0 Å². The third kappa shape index (κ3) is 2.28. The first-order valence-corrected chi connectivity index (χ1v) is 2.51. The second-order valence-corrected chi connectivity index (χ2v) is 2.37. The summed E-state index contributed by atoms with van der Waals surface area (Å²) in [5.41, 5.74) is 0. The Bertz CT molecular complexity index is 72.8. The van der Waals surface area contributed by atoms with Gasteiger partial charge in [0.2, 0.25) is 0 Å². The van der Waals surface area contributed by atoms with Crippen molar-refractivity contribution in [1.29, 1.82) is 0 Å². The van der Waals surface area contributed by atoms with Crippen LogP contribution in [0.1, 0.15) is 2.85 Å². The van der Waals surface area contributed by atoms with Gasteiger partial charge in [-0.1, -0.05) is 0 Å². The van der Waals surface area contributed by atoms with Crippen molar-refractivity contribution in [3.8, 4) is 0 Å². The third-order valence-electron chi connectivity index (χ3n) is 0.412. The molecule has 6 heteroatoms. The maximum Gasteiger partial charge on any atom is 2.00 e. The van der Waals surface area contributed by atoms with Crippen LogP contribution < -0.4 is 5.90 Å². The summed E-state index contributed by atoms with van der Waals surface area (Å²) in [5.74, 6) is 4.63. The van der Waals surface area contributed by atoms with Crippen LogP contribution in [-0.2, 0) is 14.6 Å². The Morgan fingerprint density at radius 2 is 2.14 bits per heavy atom. The molecule has 2 N–H and O–H groups in total. The molecule has 1 aliphatic rings. The van der Waals surface area contributed by atoms with Gasteiger partial charge in [-0.05, 0) is 0 Å². The maximum atomic E-state index is 4.63. The van der Waals surface area contributed by atoms with Gasteiger partial charge in [0.1, 0.15) is 0 Å². The molecular formula is CH6AsMgNO3. The summed E-state index contributed by atoms with van der Waals surface area (Å²) in [5, 5.41) is 0. The molecule has 1 fully saturated rings. The normalized spacial score (nSPS) is 23.1. The van der Waals surface area contributed by atoms with E-state index in [0.717, 1.165) is 16.9 Å². The summed E-state index contributed by atoms with van der Waals surface area (Å²) in [6.45, 7) is 0. The summed E-state index contributed by atoms with van der Waals surface area (Å²) in [6.07, 6.45) is 0. The molecule has 0 saturated carbocycles. The predicted octanol–water partition coefficient (Wildman–Crippen LogP) is -2.07. The van der Waals surface area contributed by atoms with Crippen molar-refractivity contribution < 1.29 is 17.5 Å². The minimum atomic E-state index is -0.868. The smallest absolute Gasteiger partial charge is 1.00 e. The molecule has 1 saturated heterocycles. The molecule has 1 rings (SSSR count). The van der Waals surface area contributed by atoms with Gasteiger partial charge < -0.3 is 2.85 Å². The average Bonchev–Trinajstić information content (AvgIpc) is 2.22. The molecule has 7 heavy (non-hydrogen) atoms. The topological polar surface area (TPSA) is 60.3 Å². The van der Waals surface area contributed by atoms with E-state index in [9.17, 15) is 0 Å². The van der Waals surface area contributed by atoms with Crippen LogP contribution in [0.25, 0.3) is 0 Å². The number of rotatable bonds is 1. The predicted molar refractivity (Wildman–Crippen MR) is 26.7 cm³/mol. The second-order valence-electron chi connectivity index (χ2n) is 0.888. The molecule has 0 aromatic carbocycles. The van der Waals surface area contributed by atoms with Gasteiger partial charge >= 0.3 is 65.2 Å². The molecule has 1 atom stereocenters. The molecule has 40 valence electrons. The van der Waals surface area contributed by atoms with Gasteiger partial charge in [0.25, 0.3) is 0 Å². The Hall–Kier alpha value is 1.16. The molecule has 1 unspecified atom stereocenters. The average molecular weight is 179 g/mol. The quantitative estimate of drug-likeness (QED) is 0.217. The summed E-state index contributed by atoms with van der Waals surface area (Å²) < 4.78 is -0.868. The molecule has 0 spiro atoms. The summed E-state index contributed by atoms with van der Waals surface area (Å²) in [6, 6.07) is 0. The SMILES string of the molecule is NOC1([AsH2])OO1.[H-].[H-].[Mg+2]. The van der Waals surface area contributed by atoms with Crippen molar-refractivity contribution in [2.75, 3.05) is 0 Å². The molecule has 0 bridgehead atoms. The Kier molecular flexibility index (Phi) is 3.07. The fraction of sp³-hybridized carbons (Fsp3) is 1.00. The molecule has 1 aliphatic heterocycles. The van der Waals surface area contributed by atoms with Crippen molar-refractivity contribution in [1.82, 2.24) is 0 Å². The van der Waals surface area contributed by atoms with Gasteiger partial charge in [-0.25, -0.2) is 0 Å². The van der Waals surface area contributed by atoms with Crippen LogP contribution in [0, 0.1) is 0 Å². The fourth-order valence-electron chi connectivity index (χ4n) is 0.0804. The van der Waals surface area contributed by atoms with E-state index >= 15 is 0 Å². The van der Waals surface area contributed by atoms with Gasteiger partial charge in [0.15, 0.2) is 0 Å². The van der Waals surface area contributed by atoms with E-state index in [0.29, 0.717) is 0 Å². The first kappa shape index (κ1) is 8.16. The number of hydrogen-bond donors (Lipinski definition) is 1. The van der Waals surface area contributed by atoms with Crippen LogP contribution in [0.3, 0.4) is 0 Å². The van der Waals surface area contributed by atoms with Gasteiger partial charge in [0, 0.05) is 0 Å². The molecule has 0 amide bonds. The van der Waals surface area contributed by atoms with E-state index < -0.39 is 4.76 Å². The Balaban J connectivity index is -0.000000120. The van der Waals surface area contributed by atoms with E-state index in [2.05, 4.69) is 20.5 Å². The van der Waals surface area contributed by atoms with Crippen LogP contribution in [-0.4, -0.2) is 44.7 Å². The molecular weight excluding hydrogens is 173 g/mol. The van der Waals surface area contributed by atoms with Gasteiger partial charge in [0.05, 0.1) is 0 Å². The molecule has 0 aromatic rings. The Morgan fingerprint density at radius 1 is 1.71 bits per heavy atom. The van der Waals surface area contributed by atoms with E-state index in [-0.39, 0.29) is 25.9 Å². The molecule has 0 radical (unpaired) electrons.